The van der Waals surface area contributed by atoms with Crippen LogP contribution in [0, 0.1) is 5.82 Å². The Kier molecular flexibility index (Phi) is 5.62. The van der Waals surface area contributed by atoms with Gasteiger partial charge in [-0.15, -0.1) is 0 Å². The van der Waals surface area contributed by atoms with Gasteiger partial charge in [-0.3, -0.25) is 9.78 Å². The third kappa shape index (κ3) is 6.91. The van der Waals surface area contributed by atoms with Gasteiger partial charge in [-0.05, 0) is 0 Å². The zero-order chi connectivity index (χ0) is 12.8. The molecule has 3 N–H and O–H groups in total. The van der Waals surface area contributed by atoms with Crippen molar-refractivity contribution in [1.29, 1.82) is 0 Å². The minimum atomic E-state index is -1.00. The van der Waals surface area contributed by atoms with Crippen molar-refractivity contribution in [3.63, 3.8) is 0 Å². The lowest BCUT2D eigenvalue weighted by molar-refractivity contribution is -0.870. The predicted octanol–water partition coefficient (Wildman–Crippen LogP) is -1.11. The van der Waals surface area contributed by atoms with E-state index in [1.807, 2.05) is 4.98 Å². The first-order chi connectivity index (χ1) is 7.26. The molecule has 0 atom stereocenters. The number of aromatic nitrogens is 2. The van der Waals surface area contributed by atoms with E-state index in [2.05, 4.69) is 21.1 Å². The quantitative estimate of drug-likeness (QED) is 0.567. The number of hydrogen-bond acceptors (Lipinski definition) is 3. The molecule has 1 rings (SSSR count). The molecule has 0 bridgehead atoms. The van der Waals surface area contributed by atoms with Crippen molar-refractivity contribution in [2.24, 2.45) is 0 Å². The van der Waals surface area contributed by atoms with Gasteiger partial charge in [0.1, 0.15) is 6.54 Å². The fraction of sp³-hybridized carbons (Fsp3) is 0.556. The maximum absolute atomic E-state index is 12.0. The van der Waals surface area contributed by atoms with Crippen molar-refractivity contribution >= 4 is 0 Å². The summed E-state index contributed by atoms with van der Waals surface area (Å²) >= 11 is 0. The highest BCUT2D eigenvalue weighted by atomic mass is 19.1. The number of hydrogen-bond donors (Lipinski definition) is 3. The number of nitrogens with zero attached hydrogens (tertiary/aromatic N) is 1. The van der Waals surface area contributed by atoms with Crippen LogP contribution in [0.3, 0.4) is 0 Å². The number of likely N-dealkylation sites (N-methyl/N-ethyl adjacent to an activating group) is 1. The Labute approximate surface area is 92.0 Å². The fourth-order valence-corrected chi connectivity index (χ4v) is 0.693. The summed E-state index contributed by atoms with van der Waals surface area (Å²) in [6.45, 7) is 1.11. The highest BCUT2D eigenvalue weighted by Gasteiger charge is 2.02. The van der Waals surface area contributed by atoms with Crippen molar-refractivity contribution in [1.82, 2.24) is 9.97 Å². The summed E-state index contributed by atoms with van der Waals surface area (Å²) in [6, 6.07) is 0. The molecule has 7 heteroatoms. The summed E-state index contributed by atoms with van der Waals surface area (Å²) in [4.78, 5) is 24.0. The number of aliphatic hydroxyl groups is 1. The number of aliphatic hydroxyl groups excluding tert-OH is 1. The Hall–Kier alpha value is -1.47. The molecular formula is C9H17FN3O3+. The van der Waals surface area contributed by atoms with Crippen LogP contribution >= 0.6 is 0 Å². The summed E-state index contributed by atoms with van der Waals surface area (Å²) in [5.74, 6) is -0.991. The molecule has 1 heterocycles. The molecule has 6 nitrogen and oxygen atoms in total. The van der Waals surface area contributed by atoms with Gasteiger partial charge in [0.25, 0.3) is 5.56 Å². The first-order valence-corrected chi connectivity index (χ1v) is 4.65. The van der Waals surface area contributed by atoms with Crippen LogP contribution in [0.4, 0.5) is 4.39 Å². The van der Waals surface area contributed by atoms with Gasteiger partial charge < -0.3 is 14.6 Å². The molecule has 0 spiro atoms. The molecule has 1 aromatic rings. The second-order valence-corrected chi connectivity index (χ2v) is 4.16. The lowest BCUT2D eigenvalue weighted by Gasteiger charge is -2.21. The zero-order valence-electron chi connectivity index (χ0n) is 9.58. The van der Waals surface area contributed by atoms with Crippen LogP contribution in [0.2, 0.25) is 0 Å². The molecule has 0 saturated carbocycles. The van der Waals surface area contributed by atoms with Gasteiger partial charge in [-0.25, -0.2) is 4.79 Å². The summed E-state index contributed by atoms with van der Waals surface area (Å²) in [7, 11) is 6.16. The van der Waals surface area contributed by atoms with Gasteiger partial charge >= 0.3 is 5.69 Å². The number of rotatable bonds is 2. The Morgan fingerprint density at radius 3 is 2.19 bits per heavy atom. The third-order valence-electron chi connectivity index (χ3n) is 1.54. The first kappa shape index (κ1) is 14.5. The molecule has 0 fully saturated rings. The molecular weight excluding hydrogens is 217 g/mol. The largest absolute Gasteiger partial charge is 0.391 e. The monoisotopic (exact) mass is 234 g/mol. The summed E-state index contributed by atoms with van der Waals surface area (Å²) < 4.78 is 12.8. The van der Waals surface area contributed by atoms with Gasteiger partial charge in [0.15, 0.2) is 0 Å². The van der Waals surface area contributed by atoms with Crippen LogP contribution in [0.15, 0.2) is 15.8 Å². The van der Waals surface area contributed by atoms with Gasteiger partial charge in [0.05, 0.1) is 27.7 Å². The minimum Gasteiger partial charge on any atom is -0.391 e. The molecule has 16 heavy (non-hydrogen) atoms. The topological polar surface area (TPSA) is 85.9 Å². The Balaban J connectivity index is 0.000000293. The lowest BCUT2D eigenvalue weighted by Crippen LogP contribution is -2.36. The molecule has 92 valence electrons. The number of nitrogens with one attached hydrogen (secondary N) is 2. The third-order valence-corrected chi connectivity index (χ3v) is 1.54. The second kappa shape index (κ2) is 6.19. The number of H-pyrrole nitrogens is 2. The Bertz CT molecular complexity index is 419. The van der Waals surface area contributed by atoms with E-state index in [0.29, 0.717) is 6.20 Å². The van der Waals surface area contributed by atoms with E-state index < -0.39 is 17.1 Å². The van der Waals surface area contributed by atoms with Crippen LogP contribution in [0.5, 0.6) is 0 Å². The van der Waals surface area contributed by atoms with Gasteiger partial charge in [-0.2, -0.15) is 4.39 Å². The Morgan fingerprint density at radius 1 is 1.38 bits per heavy atom. The van der Waals surface area contributed by atoms with Crippen molar-refractivity contribution in [2.75, 3.05) is 34.3 Å². The van der Waals surface area contributed by atoms with E-state index in [9.17, 15) is 14.0 Å². The molecule has 0 aliphatic carbocycles. The second-order valence-electron chi connectivity index (χ2n) is 4.16. The molecule has 0 aliphatic rings. The van der Waals surface area contributed by atoms with E-state index >= 15 is 0 Å². The highest BCUT2D eigenvalue weighted by Crippen LogP contribution is 1.84. The SMILES string of the molecule is C[N+](C)(C)CCO.O=c1[nH]cc(F)c(=O)[nH]1. The molecule has 0 aliphatic heterocycles. The van der Waals surface area contributed by atoms with Crippen LogP contribution in [0.1, 0.15) is 0 Å². The minimum absolute atomic E-state index is 0.281. The van der Waals surface area contributed by atoms with E-state index in [0.717, 1.165) is 11.0 Å². The van der Waals surface area contributed by atoms with Gasteiger partial charge in [0.2, 0.25) is 5.82 Å². The summed E-state index contributed by atoms with van der Waals surface area (Å²) in [6.07, 6.45) is 0.709. The van der Waals surface area contributed by atoms with E-state index in [1.54, 1.807) is 4.98 Å². The first-order valence-electron chi connectivity index (χ1n) is 4.65. The van der Waals surface area contributed by atoms with Crippen molar-refractivity contribution in [3.8, 4) is 0 Å². The van der Waals surface area contributed by atoms with Crippen LogP contribution in [-0.2, 0) is 0 Å². The lowest BCUT2D eigenvalue weighted by atomic mass is 10.5. The van der Waals surface area contributed by atoms with Crippen LogP contribution in [-0.4, -0.2) is 53.9 Å². The maximum Gasteiger partial charge on any atom is 0.325 e. The zero-order valence-corrected chi connectivity index (χ0v) is 9.58. The summed E-state index contributed by atoms with van der Waals surface area (Å²) in [5.41, 5.74) is -1.71. The normalized spacial score (nSPS) is 10.6. The molecule has 1 aromatic heterocycles. The fourth-order valence-electron chi connectivity index (χ4n) is 0.693. The van der Waals surface area contributed by atoms with Crippen molar-refractivity contribution in [2.45, 2.75) is 0 Å². The van der Waals surface area contributed by atoms with E-state index in [1.165, 1.54) is 0 Å². The average molecular weight is 234 g/mol. The van der Waals surface area contributed by atoms with Gasteiger partial charge in [-0.1, -0.05) is 0 Å². The number of halogens is 1. The standard InChI is InChI=1S/C5H14NO.C4H3FN2O2/c1-6(2,3)4-5-7;5-2-1-6-4(9)7-3(2)8/h7H,4-5H2,1-3H3;1H,(H2,6,7,8,9)/q+1;. The molecule has 0 saturated heterocycles. The van der Waals surface area contributed by atoms with Crippen LogP contribution in [0.25, 0.3) is 0 Å². The average Bonchev–Trinajstić information content (AvgIpc) is 2.11. The molecule has 0 amide bonds. The van der Waals surface area contributed by atoms with Crippen LogP contribution < -0.4 is 11.2 Å². The number of quaternary nitrogens is 1. The smallest absolute Gasteiger partial charge is 0.325 e. The highest BCUT2D eigenvalue weighted by molar-refractivity contribution is 4.83. The molecule has 0 unspecified atom stereocenters. The Morgan fingerprint density at radius 2 is 1.94 bits per heavy atom. The molecule has 0 aromatic carbocycles. The van der Waals surface area contributed by atoms with E-state index in [-0.39, 0.29) is 6.61 Å². The maximum atomic E-state index is 12.0. The van der Waals surface area contributed by atoms with Crippen molar-refractivity contribution in [3.05, 3.63) is 32.9 Å². The number of aromatic amines is 2. The van der Waals surface area contributed by atoms with E-state index in [4.69, 9.17) is 5.11 Å². The van der Waals surface area contributed by atoms with Gasteiger partial charge in [0, 0.05) is 6.20 Å². The summed E-state index contributed by atoms with van der Waals surface area (Å²) in [5, 5.41) is 8.39. The van der Waals surface area contributed by atoms with Crippen molar-refractivity contribution < 1.29 is 14.0 Å². The molecule has 0 radical (unpaired) electrons. The predicted molar refractivity (Wildman–Crippen MR) is 57.6 cm³/mol.